The van der Waals surface area contributed by atoms with E-state index in [1.807, 2.05) is 30.3 Å². The zero-order valence-corrected chi connectivity index (χ0v) is 16.3. The Hall–Kier alpha value is -1.78. The first-order chi connectivity index (χ1) is 12.0. The quantitative estimate of drug-likeness (QED) is 0.537. The van der Waals surface area contributed by atoms with Crippen LogP contribution in [0.5, 0.6) is 0 Å². The summed E-state index contributed by atoms with van der Waals surface area (Å²) in [6.45, 7) is 6.42. The Morgan fingerprint density at radius 2 is 1.52 bits per heavy atom. The van der Waals surface area contributed by atoms with Crippen LogP contribution in [0.4, 0.5) is 4.39 Å². The summed E-state index contributed by atoms with van der Waals surface area (Å²) in [5.41, 5.74) is 1.72. The lowest BCUT2D eigenvalue weighted by molar-refractivity contribution is -0.125. The Morgan fingerprint density at radius 3 is 2.04 bits per heavy atom. The third-order valence-corrected chi connectivity index (χ3v) is 9.59. The number of benzene rings is 2. The van der Waals surface area contributed by atoms with E-state index in [9.17, 15) is 9.18 Å². The highest BCUT2D eigenvalue weighted by Crippen LogP contribution is 2.31. The summed E-state index contributed by atoms with van der Waals surface area (Å²) in [6, 6.07) is 18.7. The van der Waals surface area contributed by atoms with Gasteiger partial charge < -0.3 is 4.43 Å². The summed E-state index contributed by atoms with van der Waals surface area (Å²) in [4.78, 5) is 13.0. The van der Waals surface area contributed by atoms with Crippen molar-refractivity contribution in [1.29, 1.82) is 0 Å². The fourth-order valence-electron chi connectivity index (χ4n) is 3.10. The summed E-state index contributed by atoms with van der Waals surface area (Å²) in [5.74, 6) is -0.270. The maximum atomic E-state index is 13.3. The van der Waals surface area contributed by atoms with Crippen molar-refractivity contribution in [3.63, 3.8) is 0 Å². The molecule has 0 heterocycles. The van der Waals surface area contributed by atoms with Gasteiger partial charge in [0.1, 0.15) is 11.9 Å². The van der Waals surface area contributed by atoms with Crippen LogP contribution in [0, 0.1) is 5.82 Å². The van der Waals surface area contributed by atoms with Gasteiger partial charge in [0.15, 0.2) is 14.1 Å². The Balaban J connectivity index is 2.31. The van der Waals surface area contributed by atoms with Gasteiger partial charge in [0.05, 0.1) is 0 Å². The van der Waals surface area contributed by atoms with Gasteiger partial charge in [-0.2, -0.15) is 0 Å². The maximum absolute atomic E-state index is 13.3. The van der Waals surface area contributed by atoms with E-state index < -0.39 is 14.4 Å². The van der Waals surface area contributed by atoms with Gasteiger partial charge in [-0.3, -0.25) is 4.79 Å². The fourth-order valence-corrected chi connectivity index (χ4v) is 5.86. The number of hydrogen-bond donors (Lipinski definition) is 0. The minimum absolute atomic E-state index is 0.0324. The highest BCUT2D eigenvalue weighted by atomic mass is 28.4. The molecular weight excluding hydrogens is 331 g/mol. The van der Waals surface area contributed by atoms with Crippen molar-refractivity contribution in [2.24, 2.45) is 0 Å². The molecule has 0 N–H and O–H groups in total. The Labute approximate surface area is 151 Å². The number of ketones is 1. The second-order valence-electron chi connectivity index (χ2n) is 6.42. The van der Waals surface area contributed by atoms with E-state index in [4.69, 9.17) is 4.43 Å². The lowest BCUT2D eigenvalue weighted by Gasteiger charge is -2.33. The van der Waals surface area contributed by atoms with Crippen molar-refractivity contribution >= 4 is 14.1 Å². The molecule has 0 aromatic heterocycles. The molecule has 0 saturated heterocycles. The van der Waals surface area contributed by atoms with E-state index in [1.54, 1.807) is 12.1 Å². The van der Waals surface area contributed by atoms with Gasteiger partial charge in [-0.1, -0.05) is 63.2 Å². The molecule has 2 aromatic carbocycles. The molecule has 0 radical (unpaired) electrons. The summed E-state index contributed by atoms with van der Waals surface area (Å²) in [6.07, 6.45) is -0.294. The summed E-state index contributed by atoms with van der Waals surface area (Å²) >= 11 is 0. The predicted molar refractivity (Wildman–Crippen MR) is 103 cm³/mol. The topological polar surface area (TPSA) is 26.3 Å². The molecule has 0 saturated carbocycles. The first kappa shape index (κ1) is 19.5. The maximum Gasteiger partial charge on any atom is 0.193 e. The van der Waals surface area contributed by atoms with Crippen molar-refractivity contribution < 1.29 is 13.6 Å². The lowest BCUT2D eigenvalue weighted by atomic mass is 10.00. The molecule has 1 unspecified atom stereocenters. The Bertz CT molecular complexity index is 658. The third-order valence-electron chi connectivity index (χ3n) is 4.99. The largest absolute Gasteiger partial charge is 0.403 e. The predicted octanol–water partition coefficient (Wildman–Crippen LogP) is 5.70. The van der Waals surface area contributed by atoms with Crippen molar-refractivity contribution in [3.8, 4) is 0 Å². The molecule has 0 bridgehead atoms. The minimum Gasteiger partial charge on any atom is -0.403 e. The van der Waals surface area contributed by atoms with Crippen LogP contribution in [0.1, 0.15) is 38.0 Å². The molecule has 0 spiro atoms. The monoisotopic (exact) mass is 358 g/mol. The van der Waals surface area contributed by atoms with Crippen LogP contribution in [0.15, 0.2) is 54.6 Å². The number of halogens is 1. The lowest BCUT2D eigenvalue weighted by Crippen LogP contribution is -2.39. The number of carbonyl (C=O) groups excluding carboxylic acids is 1. The molecule has 1 atom stereocenters. The van der Waals surface area contributed by atoms with Crippen molar-refractivity contribution in [2.45, 2.75) is 51.4 Å². The summed E-state index contributed by atoms with van der Waals surface area (Å²) < 4.78 is 19.8. The molecule has 2 aromatic rings. The summed E-state index contributed by atoms with van der Waals surface area (Å²) in [7, 11) is -1.97. The average Bonchev–Trinajstić information content (AvgIpc) is 2.65. The van der Waals surface area contributed by atoms with Gasteiger partial charge in [0, 0.05) is 6.42 Å². The average molecular weight is 359 g/mol. The van der Waals surface area contributed by atoms with Crippen molar-refractivity contribution in [2.75, 3.05) is 0 Å². The van der Waals surface area contributed by atoms with Crippen LogP contribution in [0.3, 0.4) is 0 Å². The molecule has 0 aliphatic heterocycles. The van der Waals surface area contributed by atoms with E-state index in [1.165, 1.54) is 12.1 Å². The van der Waals surface area contributed by atoms with Gasteiger partial charge in [-0.15, -0.1) is 0 Å². The van der Waals surface area contributed by atoms with Crippen LogP contribution >= 0.6 is 0 Å². The fraction of sp³-hybridized carbons (Fsp3) is 0.381. The van der Waals surface area contributed by atoms with E-state index in [0.717, 1.165) is 29.3 Å². The van der Waals surface area contributed by atoms with E-state index in [2.05, 4.69) is 20.8 Å². The molecule has 134 valence electrons. The van der Waals surface area contributed by atoms with E-state index in [0.29, 0.717) is 6.42 Å². The number of carbonyl (C=O) groups is 1. The molecule has 0 amide bonds. The third kappa shape index (κ3) is 5.09. The smallest absolute Gasteiger partial charge is 0.193 e. The van der Waals surface area contributed by atoms with Crippen molar-refractivity contribution in [3.05, 3.63) is 71.5 Å². The van der Waals surface area contributed by atoms with E-state index >= 15 is 0 Å². The Kier molecular flexibility index (Phi) is 7.08. The van der Waals surface area contributed by atoms with Gasteiger partial charge in [-0.05, 0) is 41.4 Å². The number of Topliss-reactive ketones (excluding diaryl/α,β-unsaturated/α-hetero) is 1. The SMILES string of the molecule is CC[Si](CC)(CC)OC(C(=O)Cc1ccccc1)c1ccc(F)cc1. The van der Waals surface area contributed by atoms with E-state index in [-0.39, 0.29) is 11.6 Å². The molecule has 2 nitrogen and oxygen atoms in total. The molecule has 4 heteroatoms. The highest BCUT2D eigenvalue weighted by Gasteiger charge is 2.35. The normalized spacial score (nSPS) is 12.8. The molecular formula is C21H27FO2Si. The number of hydrogen-bond acceptors (Lipinski definition) is 2. The van der Waals surface area contributed by atoms with Crippen molar-refractivity contribution in [1.82, 2.24) is 0 Å². The molecule has 0 aliphatic carbocycles. The van der Waals surface area contributed by atoms with Gasteiger partial charge in [-0.25, -0.2) is 4.39 Å². The van der Waals surface area contributed by atoms with Crippen LogP contribution in [-0.4, -0.2) is 14.1 Å². The van der Waals surface area contributed by atoms with Gasteiger partial charge in [0.2, 0.25) is 0 Å². The first-order valence-electron chi connectivity index (χ1n) is 9.03. The van der Waals surface area contributed by atoms with Crippen LogP contribution in [0.25, 0.3) is 0 Å². The first-order valence-corrected chi connectivity index (χ1v) is 11.6. The molecule has 25 heavy (non-hydrogen) atoms. The molecule has 0 fully saturated rings. The zero-order chi connectivity index (χ0) is 18.3. The second-order valence-corrected chi connectivity index (χ2v) is 11.1. The van der Waals surface area contributed by atoms with Crippen LogP contribution in [0.2, 0.25) is 18.1 Å². The van der Waals surface area contributed by atoms with Gasteiger partial charge >= 0.3 is 0 Å². The number of rotatable bonds is 9. The highest BCUT2D eigenvalue weighted by molar-refractivity contribution is 6.73. The standard InChI is InChI=1S/C21H27FO2Si/c1-4-25(5-2,6-3)24-21(18-12-14-19(22)15-13-18)20(23)16-17-10-8-7-9-11-17/h7-15,21H,4-6,16H2,1-3H3. The summed E-state index contributed by atoms with van der Waals surface area (Å²) in [5, 5.41) is 0. The zero-order valence-electron chi connectivity index (χ0n) is 15.3. The minimum atomic E-state index is -1.97. The molecule has 2 rings (SSSR count). The van der Waals surface area contributed by atoms with Gasteiger partial charge in [0.25, 0.3) is 0 Å². The Morgan fingerprint density at radius 1 is 0.960 bits per heavy atom. The molecule has 0 aliphatic rings. The van der Waals surface area contributed by atoms with Crippen LogP contribution in [-0.2, 0) is 15.6 Å². The van der Waals surface area contributed by atoms with Crippen LogP contribution < -0.4 is 0 Å². The second kappa shape index (κ2) is 9.06.